The second-order valence-corrected chi connectivity index (χ2v) is 8.10. The molecule has 0 radical (unpaired) electrons. The zero-order valence-electron chi connectivity index (χ0n) is 17.1. The molecule has 33 heavy (non-hydrogen) atoms. The van der Waals surface area contributed by atoms with Gasteiger partial charge in [-0.1, -0.05) is 0 Å². The molecule has 0 unspecified atom stereocenters. The van der Waals surface area contributed by atoms with Gasteiger partial charge in [0.15, 0.2) is 12.6 Å². The summed E-state index contributed by atoms with van der Waals surface area (Å²) in [5.74, 6) is -4.87. The highest BCUT2D eigenvalue weighted by Gasteiger charge is 2.62. The van der Waals surface area contributed by atoms with E-state index in [9.17, 15) is 56.2 Å². The molecule has 16 nitrogen and oxygen atoms in total. The van der Waals surface area contributed by atoms with Gasteiger partial charge < -0.3 is 79.9 Å². The van der Waals surface area contributed by atoms with Gasteiger partial charge in [0, 0.05) is 0 Å². The van der Waals surface area contributed by atoms with Crippen LogP contribution in [0.3, 0.4) is 0 Å². The lowest BCUT2D eigenvalue weighted by atomic mass is 10.0. The minimum absolute atomic E-state index is 0.754. The predicted octanol–water partition coefficient (Wildman–Crippen LogP) is -7.61. The SMILES string of the molecule is OC[C@H]1O[C@@](CO)(OC[C@@]2(O[C@H]3O[C@H](O)[C@@H](O)[C@H](O)[C@H]3O)O[C@H](CO)[C@@H](O)[C@@H]2O)[C@@H](O)[C@@H]1O. The van der Waals surface area contributed by atoms with E-state index in [0.717, 1.165) is 0 Å². The average molecular weight is 490 g/mol. The second-order valence-electron chi connectivity index (χ2n) is 8.10. The molecule has 3 rings (SSSR count). The first-order chi connectivity index (χ1) is 15.5. The van der Waals surface area contributed by atoms with Crippen molar-refractivity contribution in [2.45, 2.75) is 79.1 Å². The summed E-state index contributed by atoms with van der Waals surface area (Å²) >= 11 is 0. The zero-order valence-corrected chi connectivity index (χ0v) is 17.1. The monoisotopic (exact) mass is 490 g/mol. The minimum Gasteiger partial charge on any atom is -0.394 e. The van der Waals surface area contributed by atoms with Gasteiger partial charge in [0.25, 0.3) is 0 Å². The highest BCUT2D eigenvalue weighted by atomic mass is 16.8. The van der Waals surface area contributed by atoms with E-state index in [0.29, 0.717) is 0 Å². The van der Waals surface area contributed by atoms with Crippen LogP contribution < -0.4 is 0 Å². The molecule has 0 aromatic heterocycles. The Kier molecular flexibility index (Phi) is 8.29. The van der Waals surface area contributed by atoms with Crippen LogP contribution >= 0.6 is 0 Å². The molecule has 16 heteroatoms. The van der Waals surface area contributed by atoms with Crippen molar-refractivity contribution in [2.75, 3.05) is 26.4 Å². The Morgan fingerprint density at radius 1 is 0.636 bits per heavy atom. The van der Waals surface area contributed by atoms with Crippen molar-refractivity contribution in [1.29, 1.82) is 0 Å². The average Bonchev–Trinajstić information content (AvgIpc) is 3.20. The van der Waals surface area contributed by atoms with Crippen molar-refractivity contribution in [1.82, 2.24) is 0 Å². The maximum Gasteiger partial charge on any atom is 0.224 e. The molecule has 3 aliphatic rings. The van der Waals surface area contributed by atoms with Crippen LogP contribution in [0.1, 0.15) is 0 Å². The molecule has 3 aliphatic heterocycles. The Bertz CT molecular complexity index is 655. The van der Waals surface area contributed by atoms with Gasteiger partial charge in [0.1, 0.15) is 68.1 Å². The van der Waals surface area contributed by atoms with Crippen molar-refractivity contribution in [3.63, 3.8) is 0 Å². The normalized spacial score (nSPS) is 53.0. The third kappa shape index (κ3) is 4.64. The van der Waals surface area contributed by atoms with Crippen molar-refractivity contribution in [3.8, 4) is 0 Å². The molecule has 0 bridgehead atoms. The van der Waals surface area contributed by atoms with Gasteiger partial charge in [-0.25, -0.2) is 0 Å². The fourth-order valence-corrected chi connectivity index (χ4v) is 3.90. The van der Waals surface area contributed by atoms with Crippen molar-refractivity contribution in [3.05, 3.63) is 0 Å². The molecule has 13 atom stereocenters. The van der Waals surface area contributed by atoms with Gasteiger partial charge >= 0.3 is 0 Å². The number of hydrogen-bond acceptors (Lipinski definition) is 16. The number of aliphatic hydroxyl groups excluding tert-OH is 11. The van der Waals surface area contributed by atoms with Crippen LogP contribution in [-0.2, 0) is 23.7 Å². The van der Waals surface area contributed by atoms with Crippen LogP contribution in [0.25, 0.3) is 0 Å². The summed E-state index contributed by atoms with van der Waals surface area (Å²) < 4.78 is 26.3. The van der Waals surface area contributed by atoms with Crippen molar-refractivity contribution >= 4 is 0 Å². The van der Waals surface area contributed by atoms with Gasteiger partial charge in [-0.2, -0.15) is 0 Å². The van der Waals surface area contributed by atoms with E-state index in [1.807, 2.05) is 0 Å². The Labute approximate surface area is 186 Å². The van der Waals surface area contributed by atoms with E-state index in [2.05, 4.69) is 0 Å². The lowest BCUT2D eigenvalue weighted by Gasteiger charge is -2.43. The lowest BCUT2D eigenvalue weighted by molar-refractivity contribution is -0.413. The molecule has 0 aromatic carbocycles. The van der Waals surface area contributed by atoms with E-state index < -0.39 is 106 Å². The van der Waals surface area contributed by atoms with Gasteiger partial charge in [-0.3, -0.25) is 0 Å². The van der Waals surface area contributed by atoms with Gasteiger partial charge in [0.05, 0.1) is 13.2 Å². The topological polar surface area (TPSA) is 269 Å². The highest BCUT2D eigenvalue weighted by Crippen LogP contribution is 2.39. The maximum absolute atomic E-state index is 10.6. The molecule has 3 fully saturated rings. The number of rotatable bonds is 8. The van der Waals surface area contributed by atoms with E-state index in [-0.39, 0.29) is 0 Å². The second kappa shape index (κ2) is 10.2. The molecule has 0 aliphatic carbocycles. The molecule has 11 N–H and O–H groups in total. The maximum atomic E-state index is 10.6. The first-order valence-electron chi connectivity index (χ1n) is 10.1. The largest absolute Gasteiger partial charge is 0.394 e. The summed E-state index contributed by atoms with van der Waals surface area (Å²) in [6.45, 7) is -3.65. The first-order valence-corrected chi connectivity index (χ1v) is 10.1. The summed E-state index contributed by atoms with van der Waals surface area (Å²) in [6.07, 6.45) is -20.1. The first kappa shape index (κ1) is 27.0. The van der Waals surface area contributed by atoms with E-state index in [1.165, 1.54) is 0 Å². The Morgan fingerprint density at radius 2 is 1.15 bits per heavy atom. The fourth-order valence-electron chi connectivity index (χ4n) is 3.90. The van der Waals surface area contributed by atoms with Crippen LogP contribution in [-0.4, -0.2) is 162 Å². The molecule has 0 spiro atoms. The third-order valence-electron chi connectivity index (χ3n) is 5.97. The highest BCUT2D eigenvalue weighted by molar-refractivity contribution is 5.01. The summed E-state index contributed by atoms with van der Waals surface area (Å²) in [4.78, 5) is 0. The lowest BCUT2D eigenvalue weighted by Crippen LogP contribution is -2.63. The number of hydrogen-bond donors (Lipinski definition) is 11. The van der Waals surface area contributed by atoms with E-state index in [1.54, 1.807) is 0 Å². The van der Waals surface area contributed by atoms with Crippen LogP contribution in [0.5, 0.6) is 0 Å². The van der Waals surface area contributed by atoms with Gasteiger partial charge in [0.2, 0.25) is 11.6 Å². The van der Waals surface area contributed by atoms with Crippen LogP contribution in [0.15, 0.2) is 0 Å². The van der Waals surface area contributed by atoms with Crippen LogP contribution in [0, 0.1) is 0 Å². The Balaban J connectivity index is 1.86. The van der Waals surface area contributed by atoms with Crippen LogP contribution in [0.4, 0.5) is 0 Å². The Hall–Kier alpha value is -0.640. The van der Waals surface area contributed by atoms with E-state index >= 15 is 0 Å². The summed E-state index contributed by atoms with van der Waals surface area (Å²) in [7, 11) is 0. The summed E-state index contributed by atoms with van der Waals surface area (Å²) in [5.41, 5.74) is 0. The van der Waals surface area contributed by atoms with Gasteiger partial charge in [-0.15, -0.1) is 0 Å². The minimum atomic E-state index is -2.52. The van der Waals surface area contributed by atoms with Crippen molar-refractivity contribution in [2.24, 2.45) is 0 Å². The molecule has 0 saturated carbocycles. The quantitative estimate of drug-likeness (QED) is 0.151. The standard InChI is InChI=1S/C17H30O16/c18-1-5-7(21)12(26)16(3-20,31-5)29-4-17(13(27)8(22)6(2-19)32-17)33-15-11(25)9(23)10(24)14(28)30-15/h5-15,18-28H,1-4H2/t5-,6-,7-,8-,9+,10+,11-,12+,13+,14+,15-,16-,17+/m1/s1. The molecular weight excluding hydrogens is 460 g/mol. The van der Waals surface area contributed by atoms with E-state index in [4.69, 9.17) is 23.7 Å². The molecule has 194 valence electrons. The van der Waals surface area contributed by atoms with Gasteiger partial charge in [-0.05, 0) is 0 Å². The molecule has 0 aromatic rings. The zero-order chi connectivity index (χ0) is 24.7. The molecule has 3 saturated heterocycles. The van der Waals surface area contributed by atoms with Crippen molar-refractivity contribution < 1.29 is 79.9 Å². The number of aliphatic hydroxyl groups is 11. The molecular formula is C17H30O16. The summed E-state index contributed by atoms with van der Waals surface area (Å²) in [5, 5.41) is 109. The summed E-state index contributed by atoms with van der Waals surface area (Å²) in [6, 6.07) is 0. The van der Waals surface area contributed by atoms with Crippen LogP contribution in [0.2, 0.25) is 0 Å². The smallest absolute Gasteiger partial charge is 0.224 e. The predicted molar refractivity (Wildman–Crippen MR) is 96.4 cm³/mol. The third-order valence-corrected chi connectivity index (χ3v) is 5.97. The Morgan fingerprint density at radius 3 is 1.64 bits per heavy atom. The number of ether oxygens (including phenoxy) is 5. The fraction of sp³-hybridized carbons (Fsp3) is 1.00. The molecule has 3 heterocycles. The molecule has 0 amide bonds.